The standard InChI is InChI=1S/C14H18BrFN4/c1-3-20-11(6-9(2)19-20)8-14(18-17)12-7-10(15)4-5-13(12)16/h4-7,14,18H,3,8,17H2,1-2H3. The van der Waals surface area contributed by atoms with E-state index in [9.17, 15) is 4.39 Å². The molecule has 1 aromatic heterocycles. The van der Waals surface area contributed by atoms with Gasteiger partial charge in [-0.3, -0.25) is 16.0 Å². The third-order valence-corrected chi connectivity index (χ3v) is 3.73. The molecule has 4 nitrogen and oxygen atoms in total. The van der Waals surface area contributed by atoms with Crippen LogP contribution in [-0.2, 0) is 13.0 Å². The van der Waals surface area contributed by atoms with Crippen LogP contribution in [0.25, 0.3) is 0 Å². The second kappa shape index (κ2) is 6.47. The quantitative estimate of drug-likeness (QED) is 0.650. The molecule has 1 aromatic carbocycles. The van der Waals surface area contributed by atoms with E-state index in [4.69, 9.17) is 5.84 Å². The number of hydrogen-bond acceptors (Lipinski definition) is 3. The molecule has 108 valence electrons. The van der Waals surface area contributed by atoms with Crippen molar-refractivity contribution in [2.24, 2.45) is 5.84 Å². The first kappa shape index (κ1) is 15.2. The van der Waals surface area contributed by atoms with Gasteiger partial charge in [0, 0.05) is 28.7 Å². The van der Waals surface area contributed by atoms with Crippen molar-refractivity contribution in [2.45, 2.75) is 32.9 Å². The molecule has 0 aliphatic carbocycles. The number of rotatable bonds is 5. The summed E-state index contributed by atoms with van der Waals surface area (Å²) in [5.41, 5.74) is 5.22. The number of aromatic nitrogens is 2. The normalized spacial score (nSPS) is 12.7. The molecule has 0 aliphatic rings. The van der Waals surface area contributed by atoms with Gasteiger partial charge in [-0.05, 0) is 38.1 Å². The zero-order valence-electron chi connectivity index (χ0n) is 11.5. The summed E-state index contributed by atoms with van der Waals surface area (Å²) in [5, 5.41) is 4.40. The number of nitrogens with zero attached hydrogens (tertiary/aromatic N) is 2. The summed E-state index contributed by atoms with van der Waals surface area (Å²) in [7, 11) is 0. The first-order chi connectivity index (χ1) is 9.55. The lowest BCUT2D eigenvalue weighted by Gasteiger charge is -2.18. The van der Waals surface area contributed by atoms with Crippen LogP contribution in [-0.4, -0.2) is 9.78 Å². The van der Waals surface area contributed by atoms with Crippen LogP contribution in [0.3, 0.4) is 0 Å². The van der Waals surface area contributed by atoms with Crippen molar-refractivity contribution in [1.82, 2.24) is 15.2 Å². The Bertz CT molecular complexity index is 597. The van der Waals surface area contributed by atoms with E-state index in [2.05, 4.69) is 26.5 Å². The van der Waals surface area contributed by atoms with Crippen LogP contribution in [0.15, 0.2) is 28.7 Å². The molecule has 0 spiro atoms. The zero-order valence-corrected chi connectivity index (χ0v) is 13.1. The predicted octanol–water partition coefficient (Wildman–Crippen LogP) is 2.86. The molecule has 3 N–H and O–H groups in total. The van der Waals surface area contributed by atoms with Crippen LogP contribution < -0.4 is 11.3 Å². The Labute approximate surface area is 126 Å². The Morgan fingerprint density at radius 3 is 2.85 bits per heavy atom. The van der Waals surface area contributed by atoms with Gasteiger partial charge in [-0.1, -0.05) is 15.9 Å². The van der Waals surface area contributed by atoms with Crippen molar-refractivity contribution in [3.05, 3.63) is 51.5 Å². The molecule has 2 aromatic rings. The second-order valence-corrected chi connectivity index (χ2v) is 5.60. The molecule has 2 rings (SSSR count). The van der Waals surface area contributed by atoms with E-state index in [1.165, 1.54) is 6.07 Å². The van der Waals surface area contributed by atoms with E-state index in [0.29, 0.717) is 12.0 Å². The molecule has 0 amide bonds. The van der Waals surface area contributed by atoms with Gasteiger partial charge in [-0.15, -0.1) is 0 Å². The van der Waals surface area contributed by atoms with E-state index < -0.39 is 0 Å². The van der Waals surface area contributed by atoms with Gasteiger partial charge in [0.25, 0.3) is 0 Å². The smallest absolute Gasteiger partial charge is 0.128 e. The highest BCUT2D eigenvalue weighted by atomic mass is 79.9. The van der Waals surface area contributed by atoms with Crippen LogP contribution in [0.5, 0.6) is 0 Å². The van der Waals surface area contributed by atoms with Gasteiger partial charge in [0.2, 0.25) is 0 Å². The predicted molar refractivity (Wildman–Crippen MR) is 80.5 cm³/mol. The summed E-state index contributed by atoms with van der Waals surface area (Å²) in [6.07, 6.45) is 0.582. The summed E-state index contributed by atoms with van der Waals surface area (Å²) >= 11 is 3.36. The molecule has 0 radical (unpaired) electrons. The third kappa shape index (κ3) is 3.26. The van der Waals surface area contributed by atoms with Gasteiger partial charge in [-0.2, -0.15) is 5.10 Å². The van der Waals surface area contributed by atoms with E-state index in [1.807, 2.05) is 24.6 Å². The van der Waals surface area contributed by atoms with Crippen molar-refractivity contribution in [3.8, 4) is 0 Å². The fourth-order valence-corrected chi connectivity index (χ4v) is 2.67. The molecule has 1 heterocycles. The Balaban J connectivity index is 2.30. The van der Waals surface area contributed by atoms with Crippen LogP contribution in [0, 0.1) is 12.7 Å². The number of benzene rings is 1. The molecule has 1 unspecified atom stereocenters. The van der Waals surface area contributed by atoms with Crippen LogP contribution in [0.2, 0.25) is 0 Å². The molecule has 0 fully saturated rings. The molecule has 0 bridgehead atoms. The lowest BCUT2D eigenvalue weighted by atomic mass is 10.0. The van der Waals surface area contributed by atoms with Gasteiger partial charge < -0.3 is 0 Å². The van der Waals surface area contributed by atoms with Gasteiger partial charge >= 0.3 is 0 Å². The molecule has 0 aliphatic heterocycles. The fraction of sp³-hybridized carbons (Fsp3) is 0.357. The minimum absolute atomic E-state index is 0.268. The van der Waals surface area contributed by atoms with E-state index in [1.54, 1.807) is 12.1 Å². The summed E-state index contributed by atoms with van der Waals surface area (Å²) in [6.45, 7) is 4.75. The highest BCUT2D eigenvalue weighted by Gasteiger charge is 2.18. The Hall–Kier alpha value is -1.24. The third-order valence-electron chi connectivity index (χ3n) is 3.23. The van der Waals surface area contributed by atoms with E-state index >= 15 is 0 Å². The first-order valence-electron chi connectivity index (χ1n) is 6.49. The first-order valence-corrected chi connectivity index (χ1v) is 7.28. The molecule has 20 heavy (non-hydrogen) atoms. The molecule has 0 saturated carbocycles. The fourth-order valence-electron chi connectivity index (χ4n) is 2.29. The average molecular weight is 341 g/mol. The SMILES string of the molecule is CCn1nc(C)cc1CC(NN)c1cc(Br)ccc1F. The number of nitrogens with one attached hydrogen (secondary N) is 1. The summed E-state index contributed by atoms with van der Waals surface area (Å²) < 4.78 is 16.7. The largest absolute Gasteiger partial charge is 0.271 e. The molecule has 6 heteroatoms. The average Bonchev–Trinajstić information content (AvgIpc) is 2.79. The van der Waals surface area contributed by atoms with E-state index in [0.717, 1.165) is 22.4 Å². The molecule has 1 atom stereocenters. The molecular formula is C14H18BrFN4. The van der Waals surface area contributed by atoms with Crippen molar-refractivity contribution >= 4 is 15.9 Å². The van der Waals surface area contributed by atoms with Crippen LogP contribution in [0.4, 0.5) is 4.39 Å². The summed E-state index contributed by atoms with van der Waals surface area (Å²) in [5.74, 6) is 5.34. The van der Waals surface area contributed by atoms with Crippen LogP contribution in [0.1, 0.15) is 29.9 Å². The summed E-state index contributed by atoms with van der Waals surface area (Å²) in [6, 6.07) is 6.57. The highest BCUT2D eigenvalue weighted by molar-refractivity contribution is 9.10. The number of nitrogens with two attached hydrogens (primary N) is 1. The Kier molecular flexibility index (Phi) is 4.91. The van der Waals surface area contributed by atoms with Crippen molar-refractivity contribution in [3.63, 3.8) is 0 Å². The molecular weight excluding hydrogens is 323 g/mol. The van der Waals surface area contributed by atoms with E-state index in [-0.39, 0.29) is 11.9 Å². The highest BCUT2D eigenvalue weighted by Crippen LogP contribution is 2.24. The monoisotopic (exact) mass is 340 g/mol. The maximum Gasteiger partial charge on any atom is 0.128 e. The van der Waals surface area contributed by atoms with Crippen molar-refractivity contribution in [1.29, 1.82) is 0 Å². The van der Waals surface area contributed by atoms with Gasteiger partial charge in [0.1, 0.15) is 5.82 Å². The maximum atomic E-state index is 14.0. The Morgan fingerprint density at radius 2 is 2.20 bits per heavy atom. The number of halogens is 2. The minimum atomic E-state index is -0.297. The maximum absolute atomic E-state index is 14.0. The minimum Gasteiger partial charge on any atom is -0.271 e. The van der Waals surface area contributed by atoms with Crippen LogP contribution >= 0.6 is 15.9 Å². The Morgan fingerprint density at radius 1 is 1.45 bits per heavy atom. The van der Waals surface area contributed by atoms with Gasteiger partial charge in [0.15, 0.2) is 0 Å². The molecule has 0 saturated heterocycles. The zero-order chi connectivity index (χ0) is 14.7. The van der Waals surface area contributed by atoms with Crippen molar-refractivity contribution < 1.29 is 4.39 Å². The lowest BCUT2D eigenvalue weighted by Crippen LogP contribution is -2.31. The van der Waals surface area contributed by atoms with Crippen molar-refractivity contribution in [2.75, 3.05) is 0 Å². The number of hydrogen-bond donors (Lipinski definition) is 2. The number of aryl methyl sites for hydroxylation is 2. The van der Waals surface area contributed by atoms with Gasteiger partial charge in [-0.25, -0.2) is 4.39 Å². The topological polar surface area (TPSA) is 55.9 Å². The second-order valence-electron chi connectivity index (χ2n) is 4.68. The number of hydrazine groups is 1. The summed E-state index contributed by atoms with van der Waals surface area (Å²) in [4.78, 5) is 0. The lowest BCUT2D eigenvalue weighted by molar-refractivity contribution is 0.490. The van der Waals surface area contributed by atoms with Gasteiger partial charge in [0.05, 0.1) is 11.7 Å².